The van der Waals surface area contributed by atoms with Gasteiger partial charge in [-0.15, -0.1) is 0 Å². The minimum absolute atomic E-state index is 0.130. The third-order valence-electron chi connectivity index (χ3n) is 5.87. The summed E-state index contributed by atoms with van der Waals surface area (Å²) >= 11 is 2.30. The zero-order chi connectivity index (χ0) is 18.3. The van der Waals surface area contributed by atoms with Gasteiger partial charge in [0.1, 0.15) is 5.75 Å². The average molecular weight is 459 g/mol. The number of phenolic OH excluding ortho intramolecular Hbond substituents is 1. The first-order chi connectivity index (χ1) is 12.5. The molecule has 26 heavy (non-hydrogen) atoms. The molecular weight excluding hydrogens is 437 g/mol. The molecule has 1 aliphatic carbocycles. The van der Waals surface area contributed by atoms with Gasteiger partial charge in [-0.1, -0.05) is 24.3 Å². The van der Waals surface area contributed by atoms with Crippen molar-refractivity contribution in [2.24, 2.45) is 0 Å². The molecule has 2 bridgehead atoms. The van der Waals surface area contributed by atoms with E-state index in [1.807, 2.05) is 18.2 Å². The average Bonchev–Trinajstić information content (AvgIpc) is 2.61. The number of carbonyl (C=O) groups excluding carboxylic acids is 1. The topological polar surface area (TPSA) is 40.5 Å². The molecule has 4 heteroatoms. The largest absolute Gasteiger partial charge is 0.508 e. The maximum Gasteiger partial charge on any atom is 0.161 e. The molecule has 3 nitrogen and oxygen atoms in total. The van der Waals surface area contributed by atoms with Gasteiger partial charge in [0, 0.05) is 27.0 Å². The van der Waals surface area contributed by atoms with E-state index in [1.54, 1.807) is 6.07 Å². The van der Waals surface area contributed by atoms with Gasteiger partial charge in [-0.05, 0) is 90.5 Å². The molecule has 0 unspecified atom stereocenters. The van der Waals surface area contributed by atoms with E-state index in [0.29, 0.717) is 6.42 Å². The maximum absolute atomic E-state index is 13.1. The molecule has 134 valence electrons. The predicted molar refractivity (Wildman–Crippen MR) is 112 cm³/mol. The standard InChI is InChI=1S/C22H22INO2/c1-24-9-8-22(16-5-3-7-18(25)12-16)13-20(24)19(21(26)14-22)11-15-4-2-6-17(23)10-15/h2-7,10-12,20,25H,8-9,13-14H2,1H3/b19-11+/t20-,22+/m1/s1. The Kier molecular flexibility index (Phi) is 4.65. The van der Waals surface area contributed by atoms with Crippen LogP contribution in [0.4, 0.5) is 0 Å². The summed E-state index contributed by atoms with van der Waals surface area (Å²) in [6.45, 7) is 0.956. The summed E-state index contributed by atoms with van der Waals surface area (Å²) in [5.41, 5.74) is 2.95. The molecule has 0 amide bonds. The van der Waals surface area contributed by atoms with Crippen molar-refractivity contribution in [1.29, 1.82) is 0 Å². The number of phenols is 1. The molecule has 2 aliphatic rings. The number of likely N-dealkylation sites (N-methyl/N-ethyl adjacent to an activating group) is 1. The van der Waals surface area contributed by atoms with Crippen LogP contribution >= 0.6 is 22.6 Å². The van der Waals surface area contributed by atoms with E-state index in [1.165, 1.54) is 3.57 Å². The van der Waals surface area contributed by atoms with Gasteiger partial charge < -0.3 is 5.11 Å². The summed E-state index contributed by atoms with van der Waals surface area (Å²) in [6, 6.07) is 15.9. The molecule has 0 radical (unpaired) electrons. The number of hydrogen-bond acceptors (Lipinski definition) is 3. The number of ketones is 1. The number of rotatable bonds is 2. The van der Waals surface area contributed by atoms with Crippen molar-refractivity contribution in [2.45, 2.75) is 30.7 Å². The molecular formula is C22H22INO2. The van der Waals surface area contributed by atoms with Crippen LogP contribution in [0.1, 0.15) is 30.4 Å². The van der Waals surface area contributed by atoms with E-state index >= 15 is 0 Å². The van der Waals surface area contributed by atoms with Gasteiger partial charge in [0.25, 0.3) is 0 Å². The minimum atomic E-state index is -0.157. The van der Waals surface area contributed by atoms with Crippen LogP contribution < -0.4 is 0 Å². The number of halogens is 1. The first-order valence-electron chi connectivity index (χ1n) is 8.97. The van der Waals surface area contributed by atoms with Gasteiger partial charge in [0.2, 0.25) is 0 Å². The highest BCUT2D eigenvalue weighted by Crippen LogP contribution is 2.47. The highest BCUT2D eigenvalue weighted by atomic mass is 127. The van der Waals surface area contributed by atoms with Crippen molar-refractivity contribution < 1.29 is 9.90 Å². The highest BCUT2D eigenvalue weighted by Gasteiger charge is 2.48. The van der Waals surface area contributed by atoms with E-state index in [0.717, 1.165) is 36.1 Å². The van der Waals surface area contributed by atoms with Gasteiger partial charge in [0.15, 0.2) is 5.78 Å². The number of likely N-dealkylation sites (tertiary alicyclic amines) is 1. The Morgan fingerprint density at radius 1 is 1.23 bits per heavy atom. The molecule has 2 aromatic rings. The van der Waals surface area contributed by atoms with E-state index in [2.05, 4.69) is 64.9 Å². The third-order valence-corrected chi connectivity index (χ3v) is 6.54. The summed E-state index contributed by atoms with van der Waals surface area (Å²) in [5.74, 6) is 0.509. The molecule has 0 spiro atoms. The Morgan fingerprint density at radius 3 is 2.81 bits per heavy atom. The second-order valence-electron chi connectivity index (χ2n) is 7.54. The summed E-state index contributed by atoms with van der Waals surface area (Å²) < 4.78 is 1.17. The monoisotopic (exact) mass is 459 g/mol. The lowest BCUT2D eigenvalue weighted by molar-refractivity contribution is -0.120. The molecule has 1 saturated carbocycles. The number of carbonyl (C=O) groups is 1. The van der Waals surface area contributed by atoms with Gasteiger partial charge >= 0.3 is 0 Å². The Morgan fingerprint density at radius 2 is 2.04 bits per heavy atom. The number of nitrogens with zero attached hydrogens (tertiary/aromatic N) is 1. The van der Waals surface area contributed by atoms with Crippen LogP contribution in [0.3, 0.4) is 0 Å². The van der Waals surface area contributed by atoms with Crippen LogP contribution in [-0.2, 0) is 10.2 Å². The van der Waals surface area contributed by atoms with Gasteiger partial charge in [-0.25, -0.2) is 0 Å². The summed E-state index contributed by atoms with van der Waals surface area (Å²) in [4.78, 5) is 15.5. The Hall–Kier alpha value is -1.66. The maximum atomic E-state index is 13.1. The smallest absolute Gasteiger partial charge is 0.161 e. The molecule has 4 rings (SSSR count). The Labute approximate surface area is 167 Å². The molecule has 1 heterocycles. The minimum Gasteiger partial charge on any atom is -0.508 e. The summed E-state index contributed by atoms with van der Waals surface area (Å²) in [6.07, 6.45) is 4.47. The van der Waals surface area contributed by atoms with E-state index in [-0.39, 0.29) is 23.0 Å². The number of aromatic hydroxyl groups is 1. The predicted octanol–water partition coefficient (Wildman–Crippen LogP) is 4.39. The number of fused-ring (bicyclic) bond motifs is 2. The normalized spacial score (nSPS) is 27.7. The zero-order valence-electron chi connectivity index (χ0n) is 14.8. The van der Waals surface area contributed by atoms with Crippen molar-refractivity contribution >= 4 is 34.5 Å². The zero-order valence-corrected chi connectivity index (χ0v) is 16.9. The Balaban J connectivity index is 1.73. The van der Waals surface area contributed by atoms with Crippen molar-refractivity contribution in [1.82, 2.24) is 4.90 Å². The van der Waals surface area contributed by atoms with Crippen LogP contribution in [-0.4, -0.2) is 35.4 Å². The summed E-state index contributed by atoms with van der Waals surface area (Å²) in [5, 5.41) is 9.92. The quantitative estimate of drug-likeness (QED) is 0.535. The second kappa shape index (κ2) is 6.82. The SMILES string of the molecule is CN1CC[C@@]2(c3cccc(O)c3)CC(=O)/C(=C/c3cccc(I)c3)[C@H]1C2. The molecule has 2 atom stereocenters. The lowest BCUT2D eigenvalue weighted by Crippen LogP contribution is -2.53. The van der Waals surface area contributed by atoms with Crippen molar-refractivity contribution in [3.05, 3.63) is 68.8 Å². The molecule has 2 fully saturated rings. The molecule has 1 saturated heterocycles. The number of Topliss-reactive ketones (excluding diaryl/α,β-unsaturated/α-hetero) is 1. The van der Waals surface area contributed by atoms with Crippen molar-refractivity contribution in [3.63, 3.8) is 0 Å². The highest BCUT2D eigenvalue weighted by molar-refractivity contribution is 14.1. The first-order valence-corrected chi connectivity index (χ1v) is 10.0. The molecule has 2 aromatic carbocycles. The van der Waals surface area contributed by atoms with Gasteiger partial charge in [0.05, 0.1) is 0 Å². The fourth-order valence-electron chi connectivity index (χ4n) is 4.43. The third kappa shape index (κ3) is 3.21. The molecule has 1 N–H and O–H groups in total. The van der Waals surface area contributed by atoms with Crippen molar-refractivity contribution in [3.8, 4) is 5.75 Å². The van der Waals surface area contributed by atoms with Crippen molar-refractivity contribution in [2.75, 3.05) is 13.6 Å². The molecule has 1 aliphatic heterocycles. The van der Waals surface area contributed by atoms with E-state index in [4.69, 9.17) is 0 Å². The second-order valence-corrected chi connectivity index (χ2v) is 8.78. The summed E-state index contributed by atoms with van der Waals surface area (Å²) in [7, 11) is 2.11. The van der Waals surface area contributed by atoms with Gasteiger partial charge in [-0.3, -0.25) is 9.69 Å². The van der Waals surface area contributed by atoms with Crippen LogP contribution in [0, 0.1) is 3.57 Å². The van der Waals surface area contributed by atoms with Crippen LogP contribution in [0.25, 0.3) is 6.08 Å². The number of piperidine rings is 1. The fraction of sp³-hybridized carbons (Fsp3) is 0.318. The van der Waals surface area contributed by atoms with Crippen LogP contribution in [0.15, 0.2) is 54.1 Å². The lowest BCUT2D eigenvalue weighted by Gasteiger charge is -2.50. The first kappa shape index (κ1) is 17.7. The van der Waals surface area contributed by atoms with E-state index in [9.17, 15) is 9.90 Å². The number of hydrogen-bond donors (Lipinski definition) is 1. The van der Waals surface area contributed by atoms with E-state index < -0.39 is 0 Å². The molecule has 0 aromatic heterocycles. The van der Waals surface area contributed by atoms with Crippen LogP contribution in [0.5, 0.6) is 5.75 Å². The fourth-order valence-corrected chi connectivity index (χ4v) is 5.00. The van der Waals surface area contributed by atoms with Crippen LogP contribution in [0.2, 0.25) is 0 Å². The Bertz CT molecular complexity index is 891. The number of benzene rings is 2. The van der Waals surface area contributed by atoms with Gasteiger partial charge in [-0.2, -0.15) is 0 Å². The lowest BCUT2D eigenvalue weighted by atomic mass is 9.61.